The van der Waals surface area contributed by atoms with E-state index in [1.165, 1.54) is 26.5 Å². The van der Waals surface area contributed by atoms with Crippen molar-refractivity contribution in [2.24, 2.45) is 0 Å². The van der Waals surface area contributed by atoms with Crippen molar-refractivity contribution in [1.29, 1.82) is 0 Å². The molecule has 6 nitrogen and oxygen atoms in total. The van der Waals surface area contributed by atoms with Crippen LogP contribution in [0.1, 0.15) is 18.1 Å². The molecule has 88 valence electrons. The molecule has 0 radical (unpaired) electrons. The minimum absolute atomic E-state index is 0.292. The van der Waals surface area contributed by atoms with Crippen molar-refractivity contribution in [1.82, 2.24) is 4.98 Å². The summed E-state index contributed by atoms with van der Waals surface area (Å²) >= 11 is 0. The van der Waals surface area contributed by atoms with Gasteiger partial charge in [-0.25, -0.2) is 4.98 Å². The van der Waals surface area contributed by atoms with Gasteiger partial charge in [0.2, 0.25) is 5.88 Å². The highest BCUT2D eigenvalue weighted by Gasteiger charge is 2.18. The summed E-state index contributed by atoms with van der Waals surface area (Å²) in [6, 6.07) is 1.45. The highest BCUT2D eigenvalue weighted by atomic mass is 16.5. The van der Waals surface area contributed by atoms with Gasteiger partial charge in [0, 0.05) is 11.6 Å². The fraction of sp³-hybridized carbons (Fsp3) is 0.400. The van der Waals surface area contributed by atoms with Crippen LogP contribution in [-0.2, 0) is 4.79 Å². The number of aromatic nitrogens is 1. The number of methoxy groups -OCH3 is 2. The van der Waals surface area contributed by atoms with Crippen LogP contribution in [0.2, 0.25) is 0 Å². The number of carbonyl (C=O) groups is 1. The second-order valence-electron chi connectivity index (χ2n) is 3.08. The fourth-order valence-corrected chi connectivity index (χ4v) is 1.26. The van der Waals surface area contributed by atoms with Gasteiger partial charge < -0.3 is 19.7 Å². The maximum absolute atomic E-state index is 10.5. The SMILES string of the molecule is COc1cc(C(O)CC(=O)O)c(OC)cn1. The minimum Gasteiger partial charge on any atom is -0.495 e. The molecular weight excluding hydrogens is 214 g/mol. The number of nitrogens with zero attached hydrogens (tertiary/aromatic N) is 1. The highest BCUT2D eigenvalue weighted by molar-refractivity contribution is 5.68. The Kier molecular flexibility index (Phi) is 4.07. The molecule has 2 N–H and O–H groups in total. The fourth-order valence-electron chi connectivity index (χ4n) is 1.26. The summed E-state index contributed by atoms with van der Waals surface area (Å²) < 4.78 is 9.86. The van der Waals surface area contributed by atoms with Crippen LogP contribution in [0.4, 0.5) is 0 Å². The summed E-state index contributed by atoms with van der Waals surface area (Å²) in [6.07, 6.45) is -0.174. The molecule has 0 fully saturated rings. The van der Waals surface area contributed by atoms with Crippen LogP contribution in [0.3, 0.4) is 0 Å². The summed E-state index contributed by atoms with van der Waals surface area (Å²) in [5, 5.41) is 18.3. The number of hydrogen-bond donors (Lipinski definition) is 2. The van der Waals surface area contributed by atoms with E-state index < -0.39 is 18.5 Å². The van der Waals surface area contributed by atoms with Gasteiger partial charge in [0.1, 0.15) is 5.75 Å². The molecule has 1 unspecified atom stereocenters. The lowest BCUT2D eigenvalue weighted by Crippen LogP contribution is -2.07. The van der Waals surface area contributed by atoms with Crippen molar-refractivity contribution < 1.29 is 24.5 Å². The number of aliphatic carboxylic acids is 1. The normalized spacial score (nSPS) is 11.9. The molecular formula is C10H13NO5. The predicted molar refractivity (Wildman–Crippen MR) is 54.6 cm³/mol. The molecule has 1 heterocycles. The predicted octanol–water partition coefficient (Wildman–Crippen LogP) is 0.607. The smallest absolute Gasteiger partial charge is 0.306 e. The van der Waals surface area contributed by atoms with Gasteiger partial charge in [0.15, 0.2) is 0 Å². The lowest BCUT2D eigenvalue weighted by molar-refractivity contribution is -0.139. The lowest BCUT2D eigenvalue weighted by atomic mass is 10.1. The van der Waals surface area contributed by atoms with E-state index in [0.29, 0.717) is 17.2 Å². The first-order chi connectivity index (χ1) is 7.58. The first kappa shape index (κ1) is 12.3. The Morgan fingerprint density at radius 1 is 1.50 bits per heavy atom. The van der Waals surface area contributed by atoms with Crippen LogP contribution < -0.4 is 9.47 Å². The van der Waals surface area contributed by atoms with E-state index in [1.54, 1.807) is 0 Å². The summed E-state index contributed by atoms with van der Waals surface area (Å²) in [4.78, 5) is 14.4. The molecule has 0 aliphatic heterocycles. The Morgan fingerprint density at radius 3 is 2.69 bits per heavy atom. The first-order valence-corrected chi connectivity index (χ1v) is 4.56. The second kappa shape index (κ2) is 5.32. The van der Waals surface area contributed by atoms with Crippen molar-refractivity contribution in [2.75, 3.05) is 14.2 Å². The second-order valence-corrected chi connectivity index (χ2v) is 3.08. The number of aliphatic hydroxyl groups is 1. The molecule has 1 rings (SSSR count). The Labute approximate surface area is 92.5 Å². The summed E-state index contributed by atoms with van der Waals surface area (Å²) in [5.41, 5.74) is 0.344. The first-order valence-electron chi connectivity index (χ1n) is 4.56. The van der Waals surface area contributed by atoms with Crippen LogP contribution >= 0.6 is 0 Å². The Bertz CT molecular complexity index is 379. The summed E-state index contributed by atoms with van der Waals surface area (Å²) in [5.74, 6) is -0.472. The third-order valence-electron chi connectivity index (χ3n) is 2.03. The number of hydrogen-bond acceptors (Lipinski definition) is 5. The van der Waals surface area contributed by atoms with Gasteiger partial charge in [-0.05, 0) is 0 Å². The molecule has 0 saturated heterocycles. The topological polar surface area (TPSA) is 88.9 Å². The van der Waals surface area contributed by atoms with Gasteiger partial charge in [-0.3, -0.25) is 4.79 Å². The third-order valence-corrected chi connectivity index (χ3v) is 2.03. The van der Waals surface area contributed by atoms with E-state index in [0.717, 1.165) is 0 Å². The maximum atomic E-state index is 10.5. The van der Waals surface area contributed by atoms with E-state index in [2.05, 4.69) is 4.98 Å². The van der Waals surface area contributed by atoms with E-state index >= 15 is 0 Å². The lowest BCUT2D eigenvalue weighted by Gasteiger charge is -2.13. The molecule has 0 aliphatic rings. The molecule has 1 aromatic heterocycles. The molecule has 1 aromatic rings. The number of carboxylic acid groups (broad SMARTS) is 1. The van der Waals surface area contributed by atoms with Crippen molar-refractivity contribution in [3.63, 3.8) is 0 Å². The molecule has 0 amide bonds. The van der Waals surface area contributed by atoms with Crippen molar-refractivity contribution in [3.8, 4) is 11.6 Å². The van der Waals surface area contributed by atoms with Crippen LogP contribution in [0.25, 0.3) is 0 Å². The van der Waals surface area contributed by atoms with Crippen LogP contribution in [-0.4, -0.2) is 35.4 Å². The van der Waals surface area contributed by atoms with E-state index in [9.17, 15) is 9.90 Å². The number of pyridine rings is 1. The molecule has 0 spiro atoms. The average molecular weight is 227 g/mol. The van der Waals surface area contributed by atoms with Crippen molar-refractivity contribution in [3.05, 3.63) is 17.8 Å². The summed E-state index contributed by atoms with van der Waals surface area (Å²) in [7, 11) is 2.85. The van der Waals surface area contributed by atoms with Crippen LogP contribution in [0, 0.1) is 0 Å². The number of ether oxygens (including phenoxy) is 2. The van der Waals surface area contributed by atoms with Crippen LogP contribution in [0.15, 0.2) is 12.3 Å². The Morgan fingerprint density at radius 2 is 2.19 bits per heavy atom. The summed E-state index contributed by atoms with van der Waals surface area (Å²) in [6.45, 7) is 0. The average Bonchev–Trinajstić information content (AvgIpc) is 2.27. The largest absolute Gasteiger partial charge is 0.495 e. The monoisotopic (exact) mass is 227 g/mol. The zero-order valence-electron chi connectivity index (χ0n) is 9.01. The molecule has 0 bridgehead atoms. The number of carboxylic acids is 1. The van der Waals surface area contributed by atoms with Gasteiger partial charge >= 0.3 is 5.97 Å². The van der Waals surface area contributed by atoms with Gasteiger partial charge in [-0.15, -0.1) is 0 Å². The molecule has 0 aromatic carbocycles. The zero-order valence-corrected chi connectivity index (χ0v) is 9.01. The number of aliphatic hydroxyl groups excluding tert-OH is 1. The third kappa shape index (κ3) is 2.83. The van der Waals surface area contributed by atoms with Crippen molar-refractivity contribution in [2.45, 2.75) is 12.5 Å². The molecule has 6 heteroatoms. The quantitative estimate of drug-likeness (QED) is 0.766. The van der Waals surface area contributed by atoms with Crippen molar-refractivity contribution >= 4 is 5.97 Å². The minimum atomic E-state index is -1.15. The Balaban J connectivity index is 3.02. The van der Waals surface area contributed by atoms with Gasteiger partial charge in [0.05, 0.1) is 32.9 Å². The molecule has 16 heavy (non-hydrogen) atoms. The molecule has 0 saturated carbocycles. The zero-order chi connectivity index (χ0) is 12.1. The van der Waals surface area contributed by atoms with Crippen LogP contribution in [0.5, 0.6) is 11.6 Å². The van der Waals surface area contributed by atoms with Gasteiger partial charge in [-0.2, -0.15) is 0 Å². The van der Waals surface area contributed by atoms with Gasteiger partial charge in [-0.1, -0.05) is 0 Å². The molecule has 0 aliphatic carbocycles. The standard InChI is InChI=1S/C10H13NO5/c1-15-8-5-11-9(16-2)3-6(8)7(12)4-10(13)14/h3,5,7,12H,4H2,1-2H3,(H,13,14). The molecule has 1 atom stereocenters. The van der Waals surface area contributed by atoms with E-state index in [4.69, 9.17) is 14.6 Å². The van der Waals surface area contributed by atoms with E-state index in [1.807, 2.05) is 0 Å². The van der Waals surface area contributed by atoms with E-state index in [-0.39, 0.29) is 0 Å². The number of rotatable bonds is 5. The highest BCUT2D eigenvalue weighted by Crippen LogP contribution is 2.29. The Hall–Kier alpha value is -1.82. The van der Waals surface area contributed by atoms with Gasteiger partial charge in [0.25, 0.3) is 0 Å². The maximum Gasteiger partial charge on any atom is 0.306 e.